The molecule has 108 valence electrons. The van der Waals surface area contributed by atoms with Gasteiger partial charge in [-0.25, -0.2) is 0 Å². The van der Waals surface area contributed by atoms with Crippen molar-refractivity contribution in [2.24, 2.45) is 0 Å². The summed E-state index contributed by atoms with van der Waals surface area (Å²) in [7, 11) is 0. The van der Waals surface area contributed by atoms with Crippen molar-refractivity contribution in [1.82, 2.24) is 9.80 Å². The smallest absolute Gasteiger partial charge is 0.312 e. The Hall–Kier alpha value is -1.56. The van der Waals surface area contributed by atoms with Crippen LogP contribution in [0.15, 0.2) is 22.7 Å². The fourth-order valence-corrected chi connectivity index (χ4v) is 2.67. The lowest BCUT2D eigenvalue weighted by Gasteiger charge is -2.33. The summed E-state index contributed by atoms with van der Waals surface area (Å²) in [6.45, 7) is 4.19. The highest BCUT2D eigenvalue weighted by Gasteiger charge is 2.32. The van der Waals surface area contributed by atoms with E-state index in [0.717, 1.165) is 16.5 Å². The van der Waals surface area contributed by atoms with E-state index in [2.05, 4.69) is 15.9 Å². The Kier molecular flexibility index (Phi) is 4.65. The van der Waals surface area contributed by atoms with Crippen LogP contribution in [0, 0.1) is 0 Å². The first kappa shape index (κ1) is 14.8. The van der Waals surface area contributed by atoms with Crippen molar-refractivity contribution in [3.8, 4) is 0 Å². The maximum atomic E-state index is 12.1. The van der Waals surface area contributed by atoms with Crippen molar-refractivity contribution >= 4 is 33.4 Å². The molecule has 20 heavy (non-hydrogen) atoms. The zero-order chi connectivity index (χ0) is 14.7. The molecule has 2 rings (SSSR count). The predicted octanol–water partition coefficient (Wildman–Crippen LogP) is 1.61. The molecule has 2 N–H and O–H groups in total. The number of anilines is 1. The van der Waals surface area contributed by atoms with E-state index in [0.29, 0.717) is 31.9 Å². The third-order valence-corrected chi connectivity index (χ3v) is 4.33. The van der Waals surface area contributed by atoms with Crippen LogP contribution >= 0.6 is 15.9 Å². The second-order valence-corrected chi connectivity index (χ2v) is 5.63. The van der Waals surface area contributed by atoms with E-state index in [-0.39, 0.29) is 0 Å². The summed E-state index contributed by atoms with van der Waals surface area (Å²) in [6.07, 6.45) is 0.861. The first-order chi connectivity index (χ1) is 9.54. The summed E-state index contributed by atoms with van der Waals surface area (Å²) in [4.78, 5) is 27.3. The summed E-state index contributed by atoms with van der Waals surface area (Å²) in [5.41, 5.74) is 7.37. The van der Waals surface area contributed by atoms with Crippen LogP contribution in [0.3, 0.4) is 0 Å². The SMILES string of the molecule is CCCN1CCN(Cc2cccc(N)c2Br)C(=O)C1=O. The van der Waals surface area contributed by atoms with Crippen molar-refractivity contribution in [3.05, 3.63) is 28.2 Å². The Morgan fingerprint density at radius 2 is 1.85 bits per heavy atom. The van der Waals surface area contributed by atoms with Gasteiger partial charge in [-0.05, 0) is 34.0 Å². The molecule has 1 aliphatic rings. The second-order valence-electron chi connectivity index (χ2n) is 4.84. The lowest BCUT2D eigenvalue weighted by atomic mass is 10.1. The molecule has 1 saturated heterocycles. The van der Waals surface area contributed by atoms with Gasteiger partial charge in [0.15, 0.2) is 0 Å². The molecule has 2 amide bonds. The van der Waals surface area contributed by atoms with Crippen molar-refractivity contribution in [2.75, 3.05) is 25.4 Å². The molecule has 0 unspecified atom stereocenters. The van der Waals surface area contributed by atoms with Crippen molar-refractivity contribution in [2.45, 2.75) is 19.9 Å². The third kappa shape index (κ3) is 2.95. The van der Waals surface area contributed by atoms with Crippen LogP contribution in [0.1, 0.15) is 18.9 Å². The number of benzene rings is 1. The van der Waals surface area contributed by atoms with Crippen LogP contribution in [-0.4, -0.2) is 41.2 Å². The Morgan fingerprint density at radius 1 is 1.20 bits per heavy atom. The topological polar surface area (TPSA) is 66.6 Å². The first-order valence-electron chi connectivity index (χ1n) is 6.65. The van der Waals surface area contributed by atoms with E-state index in [1.165, 1.54) is 0 Å². The molecule has 1 aromatic rings. The molecule has 0 saturated carbocycles. The Bertz CT molecular complexity index is 533. The minimum atomic E-state index is -0.431. The van der Waals surface area contributed by atoms with Crippen molar-refractivity contribution in [1.29, 1.82) is 0 Å². The highest BCUT2D eigenvalue weighted by Crippen LogP contribution is 2.25. The second kappa shape index (κ2) is 6.26. The van der Waals surface area contributed by atoms with Crippen molar-refractivity contribution in [3.63, 3.8) is 0 Å². The fourth-order valence-electron chi connectivity index (χ4n) is 2.28. The molecule has 0 aliphatic carbocycles. The zero-order valence-corrected chi connectivity index (χ0v) is 13.0. The van der Waals surface area contributed by atoms with Crippen LogP contribution in [-0.2, 0) is 16.1 Å². The molecule has 1 aliphatic heterocycles. The van der Waals surface area contributed by atoms with Crippen LogP contribution in [0.4, 0.5) is 5.69 Å². The minimum Gasteiger partial charge on any atom is -0.398 e. The number of carbonyl (C=O) groups is 2. The number of hydrogen-bond donors (Lipinski definition) is 1. The molecule has 0 spiro atoms. The Balaban J connectivity index is 2.10. The van der Waals surface area contributed by atoms with Gasteiger partial charge in [-0.15, -0.1) is 0 Å². The lowest BCUT2D eigenvalue weighted by Crippen LogP contribution is -2.53. The number of carbonyl (C=O) groups excluding carboxylic acids is 2. The van der Waals surface area contributed by atoms with E-state index in [1.54, 1.807) is 15.9 Å². The number of nitrogens with two attached hydrogens (primary N) is 1. The zero-order valence-electron chi connectivity index (χ0n) is 11.4. The van der Waals surface area contributed by atoms with Gasteiger partial charge in [-0.2, -0.15) is 0 Å². The van der Waals surface area contributed by atoms with E-state index in [4.69, 9.17) is 5.73 Å². The van der Waals surface area contributed by atoms with Gasteiger partial charge in [0.2, 0.25) is 0 Å². The molecular formula is C14H18BrN3O2. The van der Waals surface area contributed by atoms with Gasteiger partial charge in [0.1, 0.15) is 0 Å². The highest BCUT2D eigenvalue weighted by atomic mass is 79.9. The summed E-state index contributed by atoms with van der Waals surface area (Å²) < 4.78 is 0.788. The van der Waals surface area contributed by atoms with E-state index < -0.39 is 11.8 Å². The molecule has 0 aromatic heterocycles. The van der Waals surface area contributed by atoms with E-state index in [9.17, 15) is 9.59 Å². The van der Waals surface area contributed by atoms with Gasteiger partial charge in [0, 0.05) is 36.3 Å². The molecule has 1 aromatic carbocycles. The fraction of sp³-hybridized carbons (Fsp3) is 0.429. The molecule has 6 heteroatoms. The number of nitrogen functional groups attached to an aromatic ring is 1. The normalized spacial score (nSPS) is 15.9. The number of amides is 2. The lowest BCUT2D eigenvalue weighted by molar-refractivity contribution is -0.156. The molecule has 1 heterocycles. The number of piperazine rings is 1. The monoisotopic (exact) mass is 339 g/mol. The van der Waals surface area contributed by atoms with E-state index >= 15 is 0 Å². The average Bonchev–Trinajstić information content (AvgIpc) is 2.43. The summed E-state index contributed by atoms with van der Waals surface area (Å²) in [5.74, 6) is -0.836. The number of rotatable bonds is 4. The van der Waals surface area contributed by atoms with E-state index in [1.807, 2.05) is 19.1 Å². The van der Waals surface area contributed by atoms with Gasteiger partial charge in [-0.1, -0.05) is 19.1 Å². The molecule has 0 atom stereocenters. The molecule has 1 fully saturated rings. The van der Waals surface area contributed by atoms with Gasteiger partial charge in [0.05, 0.1) is 0 Å². The van der Waals surface area contributed by atoms with Gasteiger partial charge >= 0.3 is 11.8 Å². The molecule has 0 bridgehead atoms. The minimum absolute atomic E-state index is 0.399. The van der Waals surface area contributed by atoms with Crippen LogP contribution in [0.2, 0.25) is 0 Å². The first-order valence-corrected chi connectivity index (χ1v) is 7.45. The maximum Gasteiger partial charge on any atom is 0.312 e. The maximum absolute atomic E-state index is 12.1. The largest absolute Gasteiger partial charge is 0.398 e. The molecular weight excluding hydrogens is 322 g/mol. The predicted molar refractivity (Wildman–Crippen MR) is 80.8 cm³/mol. The van der Waals surface area contributed by atoms with Crippen LogP contribution < -0.4 is 5.73 Å². The molecule has 5 nitrogen and oxygen atoms in total. The van der Waals surface area contributed by atoms with Crippen LogP contribution in [0.25, 0.3) is 0 Å². The summed E-state index contributed by atoms with van der Waals surface area (Å²) >= 11 is 3.42. The summed E-state index contributed by atoms with van der Waals surface area (Å²) in [5, 5.41) is 0. The van der Waals surface area contributed by atoms with Gasteiger partial charge in [0.25, 0.3) is 0 Å². The van der Waals surface area contributed by atoms with Gasteiger partial charge in [-0.3, -0.25) is 9.59 Å². The summed E-state index contributed by atoms with van der Waals surface area (Å²) in [6, 6.07) is 5.53. The quantitative estimate of drug-likeness (QED) is 0.669. The number of hydrogen-bond acceptors (Lipinski definition) is 3. The standard InChI is InChI=1S/C14H18BrN3O2/c1-2-6-17-7-8-18(14(20)13(17)19)9-10-4-3-5-11(16)12(10)15/h3-5H,2,6-9,16H2,1H3. The van der Waals surface area contributed by atoms with Crippen molar-refractivity contribution < 1.29 is 9.59 Å². The third-order valence-electron chi connectivity index (χ3n) is 3.36. The van der Waals surface area contributed by atoms with Gasteiger partial charge < -0.3 is 15.5 Å². The Morgan fingerprint density at radius 3 is 2.55 bits per heavy atom. The highest BCUT2D eigenvalue weighted by molar-refractivity contribution is 9.10. The van der Waals surface area contributed by atoms with Crippen LogP contribution in [0.5, 0.6) is 0 Å². The molecule has 0 radical (unpaired) electrons. The Labute approximate surface area is 126 Å². The number of halogens is 1. The average molecular weight is 340 g/mol. The number of nitrogens with zero attached hydrogens (tertiary/aromatic N) is 2.